The number of aromatic nitrogens is 2. The highest BCUT2D eigenvalue weighted by atomic mass is 32.1. The molecular formula is C27H23F3N4O4S. The SMILES string of the molecule is Cc1onc(-c2ccccc2)c1C(=O)N1CCC(c2nc(C(=O)Nc3ccccc3OC(F)(F)F)cs2)CC1. The number of rotatable bonds is 6. The minimum absolute atomic E-state index is 0.0404. The van der Waals surface area contributed by atoms with Crippen molar-refractivity contribution >= 4 is 28.8 Å². The number of carbonyl (C=O) groups excluding carboxylic acids is 2. The Balaban J connectivity index is 1.22. The average Bonchev–Trinajstić information content (AvgIpc) is 3.57. The zero-order valence-electron chi connectivity index (χ0n) is 20.7. The van der Waals surface area contributed by atoms with Gasteiger partial charge in [-0.05, 0) is 31.9 Å². The Kier molecular flexibility index (Phi) is 7.38. The van der Waals surface area contributed by atoms with Gasteiger partial charge in [-0.1, -0.05) is 47.6 Å². The number of nitrogens with one attached hydrogen (secondary N) is 1. The van der Waals surface area contributed by atoms with E-state index in [1.165, 1.54) is 29.5 Å². The summed E-state index contributed by atoms with van der Waals surface area (Å²) in [5, 5.41) is 8.85. The van der Waals surface area contributed by atoms with E-state index in [2.05, 4.69) is 20.2 Å². The van der Waals surface area contributed by atoms with Gasteiger partial charge in [0.1, 0.15) is 22.7 Å². The number of thiazole rings is 1. The Bertz CT molecular complexity index is 1480. The number of aryl methyl sites for hydroxylation is 1. The van der Waals surface area contributed by atoms with Gasteiger partial charge in [0.15, 0.2) is 5.75 Å². The van der Waals surface area contributed by atoms with Gasteiger partial charge in [0.2, 0.25) is 0 Å². The number of alkyl halides is 3. The minimum atomic E-state index is -4.89. The summed E-state index contributed by atoms with van der Waals surface area (Å²) in [4.78, 5) is 32.3. The first-order chi connectivity index (χ1) is 18.7. The Hall–Kier alpha value is -4.19. The lowest BCUT2D eigenvalue weighted by molar-refractivity contribution is -0.274. The summed E-state index contributed by atoms with van der Waals surface area (Å²) >= 11 is 1.31. The maximum absolute atomic E-state index is 13.4. The summed E-state index contributed by atoms with van der Waals surface area (Å²) < 4.78 is 47.4. The van der Waals surface area contributed by atoms with Crippen LogP contribution in [0, 0.1) is 6.92 Å². The van der Waals surface area contributed by atoms with Gasteiger partial charge >= 0.3 is 6.36 Å². The lowest BCUT2D eigenvalue weighted by Gasteiger charge is -2.31. The lowest BCUT2D eigenvalue weighted by Crippen LogP contribution is -2.38. The van der Waals surface area contributed by atoms with E-state index in [-0.39, 0.29) is 23.2 Å². The third-order valence-corrected chi connectivity index (χ3v) is 7.38. The molecule has 8 nitrogen and oxygen atoms in total. The second-order valence-corrected chi connectivity index (χ2v) is 9.85. The normalized spacial score (nSPS) is 14.3. The number of amides is 2. The summed E-state index contributed by atoms with van der Waals surface area (Å²) in [5.41, 5.74) is 1.75. The van der Waals surface area contributed by atoms with Crippen molar-refractivity contribution in [2.75, 3.05) is 18.4 Å². The second kappa shape index (κ2) is 10.9. The summed E-state index contributed by atoms with van der Waals surface area (Å²) in [6, 6.07) is 14.7. The molecule has 5 rings (SSSR count). The largest absolute Gasteiger partial charge is 0.573 e. The number of anilines is 1. The van der Waals surface area contributed by atoms with Crippen molar-refractivity contribution in [1.82, 2.24) is 15.0 Å². The smallest absolute Gasteiger partial charge is 0.404 e. The van der Waals surface area contributed by atoms with E-state index >= 15 is 0 Å². The van der Waals surface area contributed by atoms with Crippen molar-refractivity contribution in [3.63, 3.8) is 0 Å². The number of benzene rings is 2. The fourth-order valence-electron chi connectivity index (χ4n) is 4.45. The molecule has 1 aliphatic heterocycles. The zero-order chi connectivity index (χ0) is 27.6. The summed E-state index contributed by atoms with van der Waals surface area (Å²) in [6.45, 7) is 2.70. The molecule has 3 heterocycles. The van der Waals surface area contributed by atoms with Crippen LogP contribution in [0.25, 0.3) is 11.3 Å². The molecule has 1 fully saturated rings. The molecule has 2 aromatic heterocycles. The first-order valence-corrected chi connectivity index (χ1v) is 13.0. The van der Waals surface area contributed by atoms with E-state index in [0.717, 1.165) is 16.6 Å². The summed E-state index contributed by atoms with van der Waals surface area (Å²) in [5.74, 6) is -0.800. The van der Waals surface area contributed by atoms with E-state index < -0.39 is 18.0 Å². The number of ether oxygens (including phenoxy) is 1. The van der Waals surface area contributed by atoms with Crippen LogP contribution < -0.4 is 10.1 Å². The van der Waals surface area contributed by atoms with Crippen molar-refractivity contribution in [1.29, 1.82) is 0 Å². The molecular weight excluding hydrogens is 533 g/mol. The van der Waals surface area contributed by atoms with Gasteiger partial charge in [0.05, 0.1) is 10.7 Å². The van der Waals surface area contributed by atoms with Crippen molar-refractivity contribution in [2.24, 2.45) is 0 Å². The highest BCUT2D eigenvalue weighted by molar-refractivity contribution is 7.10. The minimum Gasteiger partial charge on any atom is -0.404 e. The first kappa shape index (κ1) is 26.4. The zero-order valence-corrected chi connectivity index (χ0v) is 21.5. The van der Waals surface area contributed by atoms with E-state index in [1.54, 1.807) is 17.2 Å². The van der Waals surface area contributed by atoms with Gasteiger partial charge in [-0.25, -0.2) is 4.98 Å². The monoisotopic (exact) mass is 556 g/mol. The van der Waals surface area contributed by atoms with E-state index in [1.807, 2.05) is 30.3 Å². The highest BCUT2D eigenvalue weighted by Crippen LogP contribution is 2.34. The number of piperidine rings is 1. The molecule has 0 spiro atoms. The number of para-hydroxylation sites is 2. The van der Waals surface area contributed by atoms with E-state index in [9.17, 15) is 22.8 Å². The van der Waals surface area contributed by atoms with Crippen LogP contribution in [0.2, 0.25) is 0 Å². The number of likely N-dealkylation sites (tertiary alicyclic amines) is 1. The predicted molar refractivity (Wildman–Crippen MR) is 138 cm³/mol. The molecule has 0 atom stereocenters. The molecule has 0 aliphatic carbocycles. The van der Waals surface area contributed by atoms with Crippen LogP contribution >= 0.6 is 11.3 Å². The maximum atomic E-state index is 13.4. The topological polar surface area (TPSA) is 97.6 Å². The fraction of sp³-hybridized carbons (Fsp3) is 0.259. The van der Waals surface area contributed by atoms with Gasteiger partial charge in [0, 0.05) is 30.0 Å². The number of hydrogen-bond donors (Lipinski definition) is 1. The van der Waals surface area contributed by atoms with Crippen LogP contribution in [0.15, 0.2) is 64.5 Å². The molecule has 0 saturated carbocycles. The second-order valence-electron chi connectivity index (χ2n) is 8.96. The molecule has 39 heavy (non-hydrogen) atoms. The third-order valence-electron chi connectivity index (χ3n) is 6.37. The molecule has 202 valence electrons. The number of hydrogen-bond acceptors (Lipinski definition) is 7. The number of nitrogens with zero attached hydrogens (tertiary/aromatic N) is 3. The summed E-state index contributed by atoms with van der Waals surface area (Å²) in [7, 11) is 0. The van der Waals surface area contributed by atoms with Gasteiger partial charge in [-0.15, -0.1) is 24.5 Å². The highest BCUT2D eigenvalue weighted by Gasteiger charge is 2.33. The summed E-state index contributed by atoms with van der Waals surface area (Å²) in [6.07, 6.45) is -3.60. The number of halogens is 3. The molecule has 12 heteroatoms. The molecule has 1 saturated heterocycles. The quantitative estimate of drug-likeness (QED) is 0.300. The standard InChI is InChI=1S/C27H23F3N4O4S/c1-16-22(23(33-38-16)17-7-3-2-4-8-17)26(36)34-13-11-18(12-14-34)25-32-20(15-39-25)24(35)31-19-9-5-6-10-21(19)37-27(28,29)30/h2-10,15,18H,11-14H2,1H3,(H,31,35). The van der Waals surface area contributed by atoms with Crippen LogP contribution in [0.1, 0.15) is 50.4 Å². The van der Waals surface area contributed by atoms with Gasteiger partial charge in [-0.2, -0.15) is 0 Å². The van der Waals surface area contributed by atoms with Crippen molar-refractivity contribution in [2.45, 2.75) is 32.0 Å². The third kappa shape index (κ3) is 5.95. The predicted octanol–water partition coefficient (Wildman–Crippen LogP) is 6.28. The Morgan fingerprint density at radius 1 is 1.08 bits per heavy atom. The molecule has 2 amide bonds. The first-order valence-electron chi connectivity index (χ1n) is 12.1. The fourth-order valence-corrected chi connectivity index (χ4v) is 5.43. The Morgan fingerprint density at radius 2 is 1.77 bits per heavy atom. The van der Waals surface area contributed by atoms with Crippen LogP contribution in [-0.2, 0) is 0 Å². The molecule has 0 unspecified atom stereocenters. The lowest BCUT2D eigenvalue weighted by atomic mass is 9.96. The number of carbonyl (C=O) groups is 2. The molecule has 4 aromatic rings. The van der Waals surface area contributed by atoms with Crippen LogP contribution in [0.5, 0.6) is 5.75 Å². The Labute approximate surface area is 225 Å². The van der Waals surface area contributed by atoms with Crippen molar-refractivity contribution in [3.05, 3.63) is 82.0 Å². The molecule has 1 N–H and O–H groups in total. The molecule has 2 aromatic carbocycles. The molecule has 0 bridgehead atoms. The molecule has 1 aliphatic rings. The van der Waals surface area contributed by atoms with Crippen LogP contribution in [0.3, 0.4) is 0 Å². The van der Waals surface area contributed by atoms with Crippen molar-refractivity contribution < 1.29 is 32.0 Å². The van der Waals surface area contributed by atoms with Gasteiger partial charge < -0.3 is 19.5 Å². The molecule has 0 radical (unpaired) electrons. The Morgan fingerprint density at radius 3 is 2.49 bits per heavy atom. The van der Waals surface area contributed by atoms with Gasteiger partial charge in [-0.3, -0.25) is 9.59 Å². The van der Waals surface area contributed by atoms with Crippen molar-refractivity contribution in [3.8, 4) is 17.0 Å². The van der Waals surface area contributed by atoms with Gasteiger partial charge in [0.25, 0.3) is 11.8 Å². The maximum Gasteiger partial charge on any atom is 0.573 e. The average molecular weight is 557 g/mol. The van der Waals surface area contributed by atoms with Crippen LogP contribution in [-0.4, -0.2) is 46.3 Å². The van der Waals surface area contributed by atoms with E-state index in [4.69, 9.17) is 4.52 Å². The van der Waals surface area contributed by atoms with E-state index in [0.29, 0.717) is 42.9 Å². The van der Waals surface area contributed by atoms with Crippen LogP contribution in [0.4, 0.5) is 18.9 Å².